The molecule has 130 valence electrons. The number of thioether (sulfide) groups is 1. The number of rotatable bonds is 7. The van der Waals surface area contributed by atoms with E-state index in [-0.39, 0.29) is 17.6 Å². The highest BCUT2D eigenvalue weighted by molar-refractivity contribution is 7.99. The molecule has 1 aromatic carbocycles. The van der Waals surface area contributed by atoms with Crippen molar-refractivity contribution in [2.45, 2.75) is 24.9 Å². The smallest absolute Gasteiger partial charge is 0.234 e. The van der Waals surface area contributed by atoms with E-state index in [4.69, 9.17) is 15.3 Å². The second-order valence-electron chi connectivity index (χ2n) is 5.27. The van der Waals surface area contributed by atoms with Crippen molar-refractivity contribution in [3.8, 4) is 11.5 Å². The minimum absolute atomic E-state index is 0.155. The first-order chi connectivity index (χ1) is 11.5. The van der Waals surface area contributed by atoms with Gasteiger partial charge in [0.05, 0.1) is 25.7 Å². The van der Waals surface area contributed by atoms with Gasteiger partial charge in [-0.2, -0.15) is 0 Å². The summed E-state index contributed by atoms with van der Waals surface area (Å²) in [6, 6.07) is 5.17. The van der Waals surface area contributed by atoms with Crippen molar-refractivity contribution in [3.05, 3.63) is 24.0 Å². The number of hydrogen-bond acceptors (Lipinski definition) is 7. The summed E-state index contributed by atoms with van der Waals surface area (Å²) in [6.07, 6.45) is 0. The van der Waals surface area contributed by atoms with Crippen LogP contribution in [0.15, 0.2) is 23.4 Å². The second-order valence-corrected chi connectivity index (χ2v) is 6.21. The van der Waals surface area contributed by atoms with Crippen molar-refractivity contribution in [1.29, 1.82) is 0 Å². The van der Waals surface area contributed by atoms with Gasteiger partial charge in [0.25, 0.3) is 0 Å². The zero-order valence-corrected chi connectivity index (χ0v) is 14.9. The van der Waals surface area contributed by atoms with Gasteiger partial charge in [-0.15, -0.1) is 10.2 Å². The highest BCUT2D eigenvalue weighted by atomic mass is 32.2. The Morgan fingerprint density at radius 2 is 2.08 bits per heavy atom. The molecular weight excluding hydrogens is 330 g/mol. The molecule has 1 amide bonds. The van der Waals surface area contributed by atoms with Gasteiger partial charge in [0.2, 0.25) is 11.1 Å². The van der Waals surface area contributed by atoms with Crippen LogP contribution in [0.2, 0.25) is 0 Å². The molecule has 2 aromatic rings. The van der Waals surface area contributed by atoms with Crippen LogP contribution in [0.4, 0.5) is 5.69 Å². The van der Waals surface area contributed by atoms with Gasteiger partial charge < -0.3 is 20.6 Å². The molecule has 2 rings (SSSR count). The van der Waals surface area contributed by atoms with Crippen molar-refractivity contribution in [2.75, 3.05) is 31.1 Å². The molecule has 0 saturated heterocycles. The molecule has 0 fully saturated rings. The average molecular weight is 351 g/mol. The topological polar surface area (TPSA) is 104 Å². The number of ether oxygens (including phenoxy) is 2. The first-order valence-corrected chi connectivity index (χ1v) is 8.29. The fourth-order valence-corrected chi connectivity index (χ4v) is 2.66. The van der Waals surface area contributed by atoms with E-state index in [2.05, 4.69) is 15.5 Å². The molecule has 0 aliphatic rings. The van der Waals surface area contributed by atoms with E-state index in [0.29, 0.717) is 28.2 Å². The Morgan fingerprint density at radius 1 is 1.33 bits per heavy atom. The van der Waals surface area contributed by atoms with E-state index in [9.17, 15) is 4.79 Å². The molecule has 0 aliphatic carbocycles. The van der Waals surface area contributed by atoms with Crippen LogP contribution in [-0.2, 0) is 4.79 Å². The maximum absolute atomic E-state index is 12.1. The number of anilines is 1. The van der Waals surface area contributed by atoms with Gasteiger partial charge in [-0.25, -0.2) is 4.68 Å². The molecule has 3 N–H and O–H groups in total. The largest absolute Gasteiger partial charge is 0.497 e. The second kappa shape index (κ2) is 7.91. The van der Waals surface area contributed by atoms with Crippen molar-refractivity contribution in [2.24, 2.45) is 0 Å². The van der Waals surface area contributed by atoms with Crippen LogP contribution in [0.25, 0.3) is 0 Å². The van der Waals surface area contributed by atoms with Crippen LogP contribution in [0, 0.1) is 0 Å². The maximum Gasteiger partial charge on any atom is 0.234 e. The van der Waals surface area contributed by atoms with Gasteiger partial charge in [0.1, 0.15) is 11.5 Å². The number of methoxy groups -OCH3 is 2. The third-order valence-electron chi connectivity index (χ3n) is 3.22. The minimum atomic E-state index is -0.197. The van der Waals surface area contributed by atoms with Gasteiger partial charge in [-0.1, -0.05) is 25.6 Å². The zero-order chi connectivity index (χ0) is 17.7. The monoisotopic (exact) mass is 351 g/mol. The summed E-state index contributed by atoms with van der Waals surface area (Å²) in [5.74, 6) is 7.90. The summed E-state index contributed by atoms with van der Waals surface area (Å²) in [7, 11) is 3.10. The maximum atomic E-state index is 12.1. The van der Waals surface area contributed by atoms with Crippen LogP contribution >= 0.6 is 11.8 Å². The van der Waals surface area contributed by atoms with Gasteiger partial charge in [0, 0.05) is 12.0 Å². The summed E-state index contributed by atoms with van der Waals surface area (Å²) >= 11 is 1.22. The molecule has 1 aromatic heterocycles. The van der Waals surface area contributed by atoms with Crippen LogP contribution in [0.5, 0.6) is 11.5 Å². The van der Waals surface area contributed by atoms with Gasteiger partial charge in [-0.3, -0.25) is 4.79 Å². The van der Waals surface area contributed by atoms with Gasteiger partial charge >= 0.3 is 0 Å². The third kappa shape index (κ3) is 4.10. The fraction of sp³-hybridized carbons (Fsp3) is 0.400. The molecule has 0 unspecified atom stereocenters. The van der Waals surface area contributed by atoms with Crippen LogP contribution < -0.4 is 20.6 Å². The molecule has 0 spiro atoms. The summed E-state index contributed by atoms with van der Waals surface area (Å²) in [4.78, 5) is 12.1. The van der Waals surface area contributed by atoms with E-state index in [1.54, 1.807) is 25.3 Å². The number of nitrogen functional groups attached to an aromatic ring is 1. The predicted molar refractivity (Wildman–Crippen MR) is 93.2 cm³/mol. The average Bonchev–Trinajstić information content (AvgIpc) is 2.94. The minimum Gasteiger partial charge on any atom is -0.497 e. The number of carbonyl (C=O) groups is 1. The highest BCUT2D eigenvalue weighted by Gasteiger charge is 2.15. The number of carbonyl (C=O) groups excluding carboxylic acids is 1. The quantitative estimate of drug-likeness (QED) is 0.579. The van der Waals surface area contributed by atoms with E-state index in [1.165, 1.54) is 23.5 Å². The number of benzene rings is 1. The Balaban J connectivity index is 1.99. The SMILES string of the molecule is COc1ccc(NC(=O)CSc2nnc(C(C)C)n2N)c(OC)c1. The van der Waals surface area contributed by atoms with Crippen molar-refractivity contribution < 1.29 is 14.3 Å². The number of amides is 1. The Kier molecular flexibility index (Phi) is 5.91. The van der Waals surface area contributed by atoms with E-state index < -0.39 is 0 Å². The molecule has 9 heteroatoms. The Morgan fingerprint density at radius 3 is 2.67 bits per heavy atom. The third-order valence-corrected chi connectivity index (χ3v) is 4.17. The Bertz CT molecular complexity index is 717. The molecule has 0 bridgehead atoms. The summed E-state index contributed by atoms with van der Waals surface area (Å²) in [5.41, 5.74) is 0.570. The molecule has 24 heavy (non-hydrogen) atoms. The van der Waals surface area contributed by atoms with E-state index in [1.807, 2.05) is 13.8 Å². The summed E-state index contributed by atoms with van der Waals surface area (Å²) in [6.45, 7) is 3.95. The molecule has 8 nitrogen and oxygen atoms in total. The first kappa shape index (κ1) is 17.9. The van der Waals surface area contributed by atoms with Crippen molar-refractivity contribution in [1.82, 2.24) is 14.9 Å². The number of nitrogens with two attached hydrogens (primary N) is 1. The van der Waals surface area contributed by atoms with Gasteiger partial charge in [-0.05, 0) is 12.1 Å². The number of hydrogen-bond donors (Lipinski definition) is 2. The van der Waals surface area contributed by atoms with E-state index >= 15 is 0 Å². The Hall–Kier alpha value is -2.42. The Labute approximate surface area is 144 Å². The standard InChI is InChI=1S/C15H21N5O3S/c1-9(2)14-18-19-15(20(14)16)24-8-13(21)17-11-6-5-10(22-3)7-12(11)23-4/h5-7,9H,8,16H2,1-4H3,(H,17,21). The van der Waals surface area contributed by atoms with Gasteiger partial charge in [0.15, 0.2) is 5.82 Å². The zero-order valence-electron chi connectivity index (χ0n) is 14.1. The number of aromatic nitrogens is 3. The molecule has 0 saturated carbocycles. The molecule has 1 heterocycles. The first-order valence-electron chi connectivity index (χ1n) is 7.31. The number of nitrogens with zero attached hydrogens (tertiary/aromatic N) is 3. The molecular formula is C15H21N5O3S. The summed E-state index contributed by atoms with van der Waals surface area (Å²) in [5, 5.41) is 11.3. The van der Waals surface area contributed by atoms with Crippen molar-refractivity contribution in [3.63, 3.8) is 0 Å². The molecule has 0 radical (unpaired) electrons. The van der Waals surface area contributed by atoms with Crippen LogP contribution in [-0.4, -0.2) is 40.8 Å². The lowest BCUT2D eigenvalue weighted by molar-refractivity contribution is -0.113. The molecule has 0 atom stereocenters. The molecule has 0 aliphatic heterocycles. The van der Waals surface area contributed by atoms with Crippen LogP contribution in [0.1, 0.15) is 25.6 Å². The lowest BCUT2D eigenvalue weighted by Gasteiger charge is -2.11. The lowest BCUT2D eigenvalue weighted by atomic mass is 10.2. The lowest BCUT2D eigenvalue weighted by Crippen LogP contribution is -2.18. The van der Waals surface area contributed by atoms with Crippen molar-refractivity contribution >= 4 is 23.4 Å². The van der Waals surface area contributed by atoms with E-state index in [0.717, 1.165) is 0 Å². The predicted octanol–water partition coefficient (Wildman–Crippen LogP) is 1.86. The highest BCUT2D eigenvalue weighted by Crippen LogP contribution is 2.29. The van der Waals surface area contributed by atoms with Crippen LogP contribution in [0.3, 0.4) is 0 Å². The normalized spacial score (nSPS) is 10.7. The number of nitrogens with one attached hydrogen (secondary N) is 1. The fourth-order valence-electron chi connectivity index (χ4n) is 2.00. The summed E-state index contributed by atoms with van der Waals surface area (Å²) < 4.78 is 11.8.